The van der Waals surface area contributed by atoms with Crippen molar-refractivity contribution in [1.29, 1.82) is 0 Å². The summed E-state index contributed by atoms with van der Waals surface area (Å²) < 4.78 is 34.0. The van der Waals surface area contributed by atoms with E-state index >= 15 is 0 Å². The first-order valence-electron chi connectivity index (χ1n) is 10.1. The van der Waals surface area contributed by atoms with Crippen LogP contribution in [0.5, 0.6) is 34.5 Å². The standard InChI is InChI=1S/C24H23NO8S/c1-24(19-10-11-20(34-19)25(26)27)32-21-15(8-9-16(28-2)23(21)33-24)7-6-14-12-17(29-3)22(31-5)18(13-14)30-4/h6-13H,1-5H3/b7-6-. The summed E-state index contributed by atoms with van der Waals surface area (Å²) in [4.78, 5) is 11.3. The van der Waals surface area contributed by atoms with Crippen molar-refractivity contribution in [2.45, 2.75) is 12.7 Å². The molecule has 1 aliphatic heterocycles. The van der Waals surface area contributed by atoms with Gasteiger partial charge in [-0.15, -0.1) is 0 Å². The van der Waals surface area contributed by atoms with E-state index in [1.54, 1.807) is 40.4 Å². The van der Waals surface area contributed by atoms with Gasteiger partial charge in [0.2, 0.25) is 11.5 Å². The van der Waals surface area contributed by atoms with Crippen molar-refractivity contribution in [3.05, 3.63) is 62.5 Å². The van der Waals surface area contributed by atoms with Gasteiger partial charge >= 0.3 is 5.00 Å². The maximum atomic E-state index is 11.1. The summed E-state index contributed by atoms with van der Waals surface area (Å²) in [6, 6.07) is 10.3. The molecule has 0 amide bonds. The number of thiophene rings is 1. The first-order valence-corrected chi connectivity index (χ1v) is 11.0. The minimum absolute atomic E-state index is 0.00821. The fraction of sp³-hybridized carbons (Fsp3) is 0.250. The van der Waals surface area contributed by atoms with E-state index in [0.29, 0.717) is 39.4 Å². The third-order valence-corrected chi connectivity index (χ3v) is 6.50. The topological polar surface area (TPSA) is 98.5 Å². The van der Waals surface area contributed by atoms with Crippen LogP contribution in [0.4, 0.5) is 5.00 Å². The number of nitro groups is 1. The molecule has 0 saturated heterocycles. The first-order chi connectivity index (χ1) is 16.3. The fourth-order valence-electron chi connectivity index (χ4n) is 3.62. The maximum Gasteiger partial charge on any atom is 0.324 e. The van der Waals surface area contributed by atoms with E-state index in [4.69, 9.17) is 28.4 Å². The molecule has 1 aromatic heterocycles. The summed E-state index contributed by atoms with van der Waals surface area (Å²) in [5, 5.41) is 11.1. The highest BCUT2D eigenvalue weighted by atomic mass is 32.1. The van der Waals surface area contributed by atoms with E-state index in [9.17, 15) is 10.1 Å². The van der Waals surface area contributed by atoms with Crippen LogP contribution in [-0.4, -0.2) is 33.4 Å². The van der Waals surface area contributed by atoms with Gasteiger partial charge in [0, 0.05) is 18.6 Å². The lowest BCUT2D eigenvalue weighted by atomic mass is 10.1. The Bertz CT molecular complexity index is 1240. The third kappa shape index (κ3) is 4.08. The summed E-state index contributed by atoms with van der Waals surface area (Å²) in [5.74, 6) is 1.74. The average molecular weight is 486 g/mol. The van der Waals surface area contributed by atoms with Crippen molar-refractivity contribution in [1.82, 2.24) is 0 Å². The quantitative estimate of drug-likeness (QED) is 0.234. The van der Waals surface area contributed by atoms with Crippen molar-refractivity contribution < 1.29 is 33.3 Å². The molecule has 0 aliphatic carbocycles. The van der Waals surface area contributed by atoms with Gasteiger partial charge in [-0.2, -0.15) is 0 Å². The van der Waals surface area contributed by atoms with Crippen LogP contribution in [0.2, 0.25) is 0 Å². The van der Waals surface area contributed by atoms with E-state index in [0.717, 1.165) is 22.5 Å². The van der Waals surface area contributed by atoms with Gasteiger partial charge in [0.15, 0.2) is 23.0 Å². The second kappa shape index (κ2) is 9.14. The number of fused-ring (bicyclic) bond motifs is 1. The molecular formula is C24H23NO8S. The van der Waals surface area contributed by atoms with Crippen LogP contribution in [0.3, 0.4) is 0 Å². The monoisotopic (exact) mass is 485 g/mol. The number of methoxy groups -OCH3 is 4. The number of hydrogen-bond donors (Lipinski definition) is 0. The lowest BCUT2D eigenvalue weighted by Crippen LogP contribution is -2.30. The first kappa shape index (κ1) is 23.2. The summed E-state index contributed by atoms with van der Waals surface area (Å²) in [6.45, 7) is 1.72. The molecule has 2 heterocycles. The molecule has 0 radical (unpaired) electrons. The number of benzene rings is 2. The average Bonchev–Trinajstić information content (AvgIpc) is 3.48. The highest BCUT2D eigenvalue weighted by Gasteiger charge is 2.43. The van der Waals surface area contributed by atoms with Gasteiger partial charge in [-0.05, 0) is 35.9 Å². The minimum atomic E-state index is -1.23. The molecule has 178 valence electrons. The molecule has 9 nitrogen and oxygen atoms in total. The Hall–Kier alpha value is -3.92. The fourth-order valence-corrected chi connectivity index (χ4v) is 4.46. The second-order valence-corrected chi connectivity index (χ2v) is 8.41. The van der Waals surface area contributed by atoms with E-state index in [1.165, 1.54) is 13.2 Å². The zero-order chi connectivity index (χ0) is 24.5. The highest BCUT2D eigenvalue weighted by Crippen LogP contribution is 2.53. The van der Waals surface area contributed by atoms with Crippen LogP contribution in [0.25, 0.3) is 12.2 Å². The van der Waals surface area contributed by atoms with Crippen LogP contribution < -0.4 is 28.4 Å². The van der Waals surface area contributed by atoms with Crippen molar-refractivity contribution in [3.63, 3.8) is 0 Å². The Balaban J connectivity index is 1.71. The molecule has 0 bridgehead atoms. The zero-order valence-corrected chi connectivity index (χ0v) is 20.1. The largest absolute Gasteiger partial charge is 0.493 e. The molecule has 0 N–H and O–H groups in total. The minimum Gasteiger partial charge on any atom is -0.493 e. The molecule has 0 spiro atoms. The van der Waals surface area contributed by atoms with Crippen LogP contribution in [-0.2, 0) is 5.79 Å². The van der Waals surface area contributed by atoms with Gasteiger partial charge in [-0.1, -0.05) is 23.5 Å². The van der Waals surface area contributed by atoms with E-state index in [1.807, 2.05) is 30.4 Å². The third-order valence-electron chi connectivity index (χ3n) is 5.28. The van der Waals surface area contributed by atoms with Gasteiger partial charge < -0.3 is 28.4 Å². The summed E-state index contributed by atoms with van der Waals surface area (Å²) in [6.07, 6.45) is 3.74. The zero-order valence-electron chi connectivity index (χ0n) is 19.2. The molecule has 2 aromatic carbocycles. The smallest absolute Gasteiger partial charge is 0.324 e. The number of nitrogens with zero attached hydrogens (tertiary/aromatic N) is 1. The second-order valence-electron chi connectivity index (χ2n) is 7.35. The summed E-state index contributed by atoms with van der Waals surface area (Å²) in [7, 11) is 6.20. The Kier molecular flexibility index (Phi) is 6.25. The van der Waals surface area contributed by atoms with Crippen molar-refractivity contribution >= 4 is 28.5 Å². The molecule has 1 aliphatic rings. The van der Waals surface area contributed by atoms with Crippen molar-refractivity contribution in [3.8, 4) is 34.5 Å². The van der Waals surface area contributed by atoms with Crippen molar-refractivity contribution in [2.75, 3.05) is 28.4 Å². The van der Waals surface area contributed by atoms with Crippen LogP contribution >= 0.6 is 11.3 Å². The number of hydrogen-bond acceptors (Lipinski definition) is 9. The number of ether oxygens (including phenoxy) is 6. The lowest BCUT2D eigenvalue weighted by Gasteiger charge is -2.21. The van der Waals surface area contributed by atoms with E-state index in [-0.39, 0.29) is 5.00 Å². The molecule has 0 fully saturated rings. The van der Waals surface area contributed by atoms with Crippen LogP contribution in [0, 0.1) is 10.1 Å². The van der Waals surface area contributed by atoms with Gasteiger partial charge in [-0.3, -0.25) is 10.1 Å². The van der Waals surface area contributed by atoms with E-state index in [2.05, 4.69) is 0 Å². The Labute approximate surface area is 200 Å². The molecule has 3 aromatic rings. The molecular weight excluding hydrogens is 462 g/mol. The Morgan fingerprint density at radius 2 is 1.53 bits per heavy atom. The van der Waals surface area contributed by atoms with Gasteiger partial charge in [0.25, 0.3) is 5.79 Å². The van der Waals surface area contributed by atoms with Gasteiger partial charge in [0.1, 0.15) is 0 Å². The lowest BCUT2D eigenvalue weighted by molar-refractivity contribution is -0.380. The summed E-state index contributed by atoms with van der Waals surface area (Å²) >= 11 is 1.00. The molecule has 4 rings (SSSR count). The molecule has 0 saturated carbocycles. The normalized spacial score (nSPS) is 16.5. The molecule has 1 atom stereocenters. The molecule has 1 unspecified atom stereocenters. The molecule has 10 heteroatoms. The SMILES string of the molecule is COc1cc(/C=C\c2ccc(OC)c3c2OC(C)(c2ccc([N+](=O)[O-])s2)O3)cc(OC)c1OC. The van der Waals surface area contributed by atoms with Crippen LogP contribution in [0.1, 0.15) is 22.9 Å². The Morgan fingerprint density at radius 1 is 0.882 bits per heavy atom. The molecule has 34 heavy (non-hydrogen) atoms. The van der Waals surface area contributed by atoms with Gasteiger partial charge in [0.05, 0.1) is 38.2 Å². The van der Waals surface area contributed by atoms with Crippen molar-refractivity contribution in [2.24, 2.45) is 0 Å². The predicted molar refractivity (Wildman–Crippen MR) is 128 cm³/mol. The van der Waals surface area contributed by atoms with E-state index < -0.39 is 10.7 Å². The number of rotatable bonds is 8. The Morgan fingerprint density at radius 3 is 2.09 bits per heavy atom. The van der Waals surface area contributed by atoms with Crippen LogP contribution in [0.15, 0.2) is 36.4 Å². The summed E-state index contributed by atoms with van der Waals surface area (Å²) in [5.41, 5.74) is 1.55. The van der Waals surface area contributed by atoms with Gasteiger partial charge in [-0.25, -0.2) is 0 Å². The maximum absolute atomic E-state index is 11.1. The predicted octanol–water partition coefficient (Wildman–Crippen LogP) is 5.51. The highest BCUT2D eigenvalue weighted by molar-refractivity contribution is 7.15.